The number of carbonyl (C=O) groups excluding carboxylic acids is 1. The van der Waals surface area contributed by atoms with Crippen molar-refractivity contribution in [3.63, 3.8) is 0 Å². The Bertz CT molecular complexity index is 569. The van der Waals surface area contributed by atoms with Gasteiger partial charge in [-0.1, -0.05) is 13.0 Å². The molecule has 0 saturated heterocycles. The molecule has 0 aliphatic heterocycles. The van der Waals surface area contributed by atoms with Crippen LogP contribution in [0.4, 0.5) is 0 Å². The number of benzene rings is 1. The van der Waals surface area contributed by atoms with Crippen LogP contribution in [0.5, 0.6) is 0 Å². The Morgan fingerprint density at radius 1 is 1.44 bits per heavy atom. The Labute approximate surface area is 107 Å². The van der Waals surface area contributed by atoms with E-state index in [1.165, 1.54) is 12.8 Å². The average Bonchev–Trinajstić information content (AvgIpc) is 3.12. The molecule has 2 aromatic rings. The summed E-state index contributed by atoms with van der Waals surface area (Å²) in [5.41, 5.74) is 1.77. The van der Waals surface area contributed by atoms with Crippen molar-refractivity contribution in [2.75, 3.05) is 6.54 Å². The summed E-state index contributed by atoms with van der Waals surface area (Å²) in [6, 6.07) is 7.73. The van der Waals surface area contributed by atoms with Crippen LogP contribution in [0.25, 0.3) is 10.9 Å². The van der Waals surface area contributed by atoms with Gasteiger partial charge in [-0.3, -0.25) is 4.79 Å². The smallest absolute Gasteiger partial charge is 0.251 e. The summed E-state index contributed by atoms with van der Waals surface area (Å²) < 4.78 is 0. The molecule has 2 N–H and O–H groups in total. The Morgan fingerprint density at radius 2 is 2.28 bits per heavy atom. The summed E-state index contributed by atoms with van der Waals surface area (Å²) in [7, 11) is 0. The fraction of sp³-hybridized carbons (Fsp3) is 0.400. The number of nitrogens with one attached hydrogen (secondary N) is 2. The van der Waals surface area contributed by atoms with Crippen molar-refractivity contribution in [2.24, 2.45) is 11.8 Å². The third-order valence-electron chi connectivity index (χ3n) is 3.85. The van der Waals surface area contributed by atoms with E-state index in [9.17, 15) is 4.79 Å². The van der Waals surface area contributed by atoms with Crippen LogP contribution in [0.15, 0.2) is 30.5 Å². The minimum Gasteiger partial charge on any atom is -0.361 e. The highest BCUT2D eigenvalue weighted by Gasteiger charge is 2.28. The predicted molar refractivity (Wildman–Crippen MR) is 72.5 cm³/mol. The van der Waals surface area contributed by atoms with E-state index in [4.69, 9.17) is 0 Å². The second-order valence-corrected chi connectivity index (χ2v) is 5.27. The Hall–Kier alpha value is -1.77. The summed E-state index contributed by atoms with van der Waals surface area (Å²) in [5, 5.41) is 4.04. The molecule has 3 rings (SSSR count). The van der Waals surface area contributed by atoms with E-state index in [1.807, 2.05) is 30.5 Å². The van der Waals surface area contributed by atoms with Gasteiger partial charge in [-0.15, -0.1) is 0 Å². The van der Waals surface area contributed by atoms with Crippen LogP contribution in [-0.2, 0) is 0 Å². The molecule has 1 saturated carbocycles. The van der Waals surface area contributed by atoms with E-state index < -0.39 is 0 Å². The Balaban J connectivity index is 1.73. The number of H-pyrrole nitrogens is 1. The third-order valence-corrected chi connectivity index (χ3v) is 3.85. The lowest BCUT2D eigenvalue weighted by Crippen LogP contribution is -2.29. The van der Waals surface area contributed by atoms with E-state index in [0.717, 1.165) is 28.9 Å². The van der Waals surface area contributed by atoms with Gasteiger partial charge < -0.3 is 10.3 Å². The number of carbonyl (C=O) groups is 1. The molecule has 1 aromatic carbocycles. The number of hydrogen-bond donors (Lipinski definition) is 2. The van der Waals surface area contributed by atoms with Gasteiger partial charge in [0.25, 0.3) is 5.91 Å². The monoisotopic (exact) mass is 242 g/mol. The summed E-state index contributed by atoms with van der Waals surface area (Å²) in [6.45, 7) is 3.00. The van der Waals surface area contributed by atoms with Crippen LogP contribution < -0.4 is 5.32 Å². The molecule has 1 atom stereocenters. The maximum atomic E-state index is 12.2. The Morgan fingerprint density at radius 3 is 3.06 bits per heavy atom. The molecule has 0 bridgehead atoms. The molecule has 3 nitrogen and oxygen atoms in total. The van der Waals surface area contributed by atoms with Crippen LogP contribution in [0.3, 0.4) is 0 Å². The topological polar surface area (TPSA) is 44.9 Å². The van der Waals surface area contributed by atoms with Crippen LogP contribution in [-0.4, -0.2) is 17.4 Å². The van der Waals surface area contributed by atoms with Gasteiger partial charge in [-0.05, 0) is 42.9 Å². The normalized spacial score (nSPS) is 16.7. The first kappa shape index (κ1) is 11.3. The van der Waals surface area contributed by atoms with E-state index in [1.54, 1.807) is 0 Å². The zero-order chi connectivity index (χ0) is 12.5. The van der Waals surface area contributed by atoms with E-state index >= 15 is 0 Å². The van der Waals surface area contributed by atoms with Crippen molar-refractivity contribution >= 4 is 16.8 Å². The van der Waals surface area contributed by atoms with E-state index in [-0.39, 0.29) is 5.91 Å². The number of fused-ring (bicyclic) bond motifs is 1. The molecule has 1 unspecified atom stereocenters. The molecule has 1 amide bonds. The molecule has 3 heteroatoms. The molecular formula is C15H18N2O. The summed E-state index contributed by atoms with van der Waals surface area (Å²) in [6.07, 6.45) is 4.52. The summed E-state index contributed by atoms with van der Waals surface area (Å²) >= 11 is 0. The number of aromatic amines is 1. The van der Waals surface area contributed by atoms with Gasteiger partial charge in [-0.2, -0.15) is 0 Å². The lowest BCUT2D eigenvalue weighted by Gasteiger charge is -2.11. The molecule has 1 fully saturated rings. The van der Waals surface area contributed by atoms with Crippen molar-refractivity contribution in [3.8, 4) is 0 Å². The third kappa shape index (κ3) is 2.13. The number of amides is 1. The molecule has 18 heavy (non-hydrogen) atoms. The first-order valence-corrected chi connectivity index (χ1v) is 6.60. The largest absolute Gasteiger partial charge is 0.361 e. The molecule has 94 valence electrons. The van der Waals surface area contributed by atoms with Crippen LogP contribution in [0, 0.1) is 11.8 Å². The minimum atomic E-state index is 0.0349. The molecule has 1 aliphatic rings. The lowest BCUT2D eigenvalue weighted by molar-refractivity contribution is 0.0948. The van der Waals surface area contributed by atoms with Gasteiger partial charge in [0.2, 0.25) is 0 Å². The quantitative estimate of drug-likeness (QED) is 0.850. The second kappa shape index (κ2) is 4.48. The average molecular weight is 242 g/mol. The maximum Gasteiger partial charge on any atom is 0.251 e. The molecule has 0 spiro atoms. The maximum absolute atomic E-state index is 12.2. The highest BCUT2D eigenvalue weighted by Crippen LogP contribution is 2.36. The van der Waals surface area contributed by atoms with Gasteiger partial charge in [0.15, 0.2) is 0 Å². The minimum absolute atomic E-state index is 0.0349. The number of rotatable bonds is 4. The molecule has 1 aromatic heterocycles. The fourth-order valence-electron chi connectivity index (χ4n) is 2.46. The molecule has 1 aliphatic carbocycles. The van der Waals surface area contributed by atoms with Crippen molar-refractivity contribution in [2.45, 2.75) is 19.8 Å². The van der Waals surface area contributed by atoms with Gasteiger partial charge in [0, 0.05) is 29.2 Å². The van der Waals surface area contributed by atoms with Crippen LogP contribution in [0.1, 0.15) is 30.1 Å². The van der Waals surface area contributed by atoms with Gasteiger partial charge in [-0.25, -0.2) is 0 Å². The van der Waals surface area contributed by atoms with Gasteiger partial charge in [0.05, 0.1) is 0 Å². The zero-order valence-corrected chi connectivity index (χ0v) is 10.6. The fourth-order valence-corrected chi connectivity index (χ4v) is 2.46. The lowest BCUT2D eigenvalue weighted by atomic mass is 10.1. The van der Waals surface area contributed by atoms with Crippen LogP contribution in [0.2, 0.25) is 0 Å². The van der Waals surface area contributed by atoms with Crippen LogP contribution >= 0.6 is 0 Å². The molecular weight excluding hydrogens is 224 g/mol. The first-order chi connectivity index (χ1) is 8.75. The second-order valence-electron chi connectivity index (χ2n) is 5.27. The van der Waals surface area contributed by atoms with E-state index in [0.29, 0.717) is 5.92 Å². The highest BCUT2D eigenvalue weighted by molar-refractivity contribution is 6.06. The molecule has 0 radical (unpaired) electrons. The highest BCUT2D eigenvalue weighted by atomic mass is 16.1. The van der Waals surface area contributed by atoms with Crippen molar-refractivity contribution in [1.29, 1.82) is 0 Å². The number of aromatic nitrogens is 1. The molecule has 1 heterocycles. The van der Waals surface area contributed by atoms with Gasteiger partial charge >= 0.3 is 0 Å². The summed E-state index contributed by atoms with van der Waals surface area (Å²) in [4.78, 5) is 15.3. The standard InChI is InChI=1S/C15H18N2O/c1-10(11-5-6-11)9-17-15(18)13-3-2-4-14-12(13)7-8-16-14/h2-4,7-8,10-11,16H,5-6,9H2,1H3,(H,17,18). The van der Waals surface area contributed by atoms with E-state index in [2.05, 4.69) is 17.2 Å². The van der Waals surface area contributed by atoms with Crippen molar-refractivity contribution in [3.05, 3.63) is 36.0 Å². The zero-order valence-electron chi connectivity index (χ0n) is 10.6. The van der Waals surface area contributed by atoms with Crippen molar-refractivity contribution in [1.82, 2.24) is 10.3 Å². The Kier molecular flexibility index (Phi) is 2.82. The van der Waals surface area contributed by atoms with Gasteiger partial charge in [0.1, 0.15) is 0 Å². The summed E-state index contributed by atoms with van der Waals surface area (Å²) in [5.74, 6) is 1.46. The van der Waals surface area contributed by atoms with Crippen molar-refractivity contribution < 1.29 is 4.79 Å². The first-order valence-electron chi connectivity index (χ1n) is 6.60. The predicted octanol–water partition coefficient (Wildman–Crippen LogP) is 2.94. The number of hydrogen-bond acceptors (Lipinski definition) is 1. The SMILES string of the molecule is CC(CNC(=O)c1cccc2[nH]ccc12)C1CC1.